The van der Waals surface area contributed by atoms with Crippen molar-refractivity contribution in [3.05, 3.63) is 79.7 Å². The summed E-state index contributed by atoms with van der Waals surface area (Å²) < 4.78 is 7.35. The highest BCUT2D eigenvalue weighted by Crippen LogP contribution is 2.35. The van der Waals surface area contributed by atoms with E-state index in [0.29, 0.717) is 32.8 Å². The van der Waals surface area contributed by atoms with Crippen LogP contribution >= 0.6 is 71.5 Å². The molecule has 0 radical (unpaired) electrons. The van der Waals surface area contributed by atoms with Gasteiger partial charge < -0.3 is 15.4 Å². The van der Waals surface area contributed by atoms with Crippen molar-refractivity contribution >= 4 is 111 Å². The number of nitrogens with zero attached hydrogens (tertiary/aromatic N) is 4. The molecular formula is C26H24Cl2N6O4S4. The van der Waals surface area contributed by atoms with Gasteiger partial charge in [0.25, 0.3) is 0 Å². The summed E-state index contributed by atoms with van der Waals surface area (Å²) in [5.41, 5.74) is 3.25. The molecule has 42 heavy (non-hydrogen) atoms. The molecule has 2 N–H and O–H groups in total. The number of hydrogen-bond acceptors (Lipinski definition) is 10. The maximum Gasteiger partial charge on any atom is 0.338 e. The van der Waals surface area contributed by atoms with Crippen LogP contribution in [0.5, 0.6) is 0 Å². The molecule has 10 nitrogen and oxygen atoms in total. The van der Waals surface area contributed by atoms with Gasteiger partial charge in [-0.3, -0.25) is 4.79 Å². The Hall–Kier alpha value is -3.01. The molecule has 16 heteroatoms. The summed E-state index contributed by atoms with van der Waals surface area (Å²) in [4.78, 5) is 47.8. The van der Waals surface area contributed by atoms with E-state index in [0.717, 1.165) is 42.4 Å². The van der Waals surface area contributed by atoms with Crippen LogP contribution < -0.4 is 19.2 Å². The first-order valence-corrected chi connectivity index (χ1v) is 15.5. The number of aryl methyl sites for hydroxylation is 2. The lowest BCUT2D eigenvalue weighted by atomic mass is 10.0. The lowest BCUT2D eigenvalue weighted by Crippen LogP contribution is -2.27. The van der Waals surface area contributed by atoms with Crippen molar-refractivity contribution in [3.8, 4) is 0 Å². The van der Waals surface area contributed by atoms with Gasteiger partial charge in [-0.15, -0.1) is 22.7 Å². The van der Waals surface area contributed by atoms with E-state index in [1.165, 1.54) is 0 Å². The molecule has 0 aliphatic heterocycles. The van der Waals surface area contributed by atoms with Crippen molar-refractivity contribution in [2.45, 2.75) is 26.7 Å². The first kappa shape index (κ1) is 31.9. The number of nitrogens with one attached hydrogen (secondary N) is 2. The summed E-state index contributed by atoms with van der Waals surface area (Å²) in [5, 5.41) is 10.1. The molecule has 0 aliphatic carbocycles. The zero-order chi connectivity index (χ0) is 30.6. The minimum atomic E-state index is -1.03. The van der Waals surface area contributed by atoms with Gasteiger partial charge in [-0.25, -0.2) is 28.2 Å². The zero-order valence-electron chi connectivity index (χ0n) is 22.3. The molecule has 2 heterocycles. The Morgan fingerprint density at radius 1 is 0.857 bits per heavy atom. The molecule has 2 aromatic carbocycles. The van der Waals surface area contributed by atoms with Crippen LogP contribution in [-0.4, -0.2) is 34.6 Å². The van der Waals surface area contributed by atoms with Gasteiger partial charge in [-0.1, -0.05) is 61.0 Å². The Labute approximate surface area is 271 Å². The molecule has 0 aliphatic rings. The van der Waals surface area contributed by atoms with E-state index in [-0.39, 0.29) is 16.9 Å². The minimum Gasteiger partial charge on any atom is -0.465 e. The number of aromatic nitrogens is 2. The number of urea groups is 2. The summed E-state index contributed by atoms with van der Waals surface area (Å²) in [6.07, 6.45) is 0. The Morgan fingerprint density at radius 3 is 1.69 bits per heavy atom. The average Bonchev–Trinajstić information content (AvgIpc) is 3.63. The maximum atomic E-state index is 13.0. The molecular weight excluding hydrogens is 659 g/mol. The molecule has 4 aromatic rings. The van der Waals surface area contributed by atoms with E-state index in [2.05, 4.69) is 46.2 Å². The molecule has 0 saturated heterocycles. The van der Waals surface area contributed by atoms with Crippen molar-refractivity contribution < 1.29 is 19.1 Å². The van der Waals surface area contributed by atoms with E-state index in [1.54, 1.807) is 54.1 Å². The highest BCUT2D eigenvalue weighted by atomic mass is 35.5. The van der Waals surface area contributed by atoms with Gasteiger partial charge in [0.1, 0.15) is 5.92 Å². The molecule has 0 atom stereocenters. The first-order valence-electron chi connectivity index (χ1n) is 12.2. The third kappa shape index (κ3) is 7.49. The predicted molar refractivity (Wildman–Crippen MR) is 176 cm³/mol. The number of halogens is 2. The van der Waals surface area contributed by atoms with E-state index in [1.807, 2.05) is 13.8 Å². The summed E-state index contributed by atoms with van der Waals surface area (Å²) in [5.74, 6) is -1.62. The number of hydrogen-bond donors (Lipinski definition) is 4. The van der Waals surface area contributed by atoms with Crippen LogP contribution in [0, 0.1) is 13.8 Å². The van der Waals surface area contributed by atoms with Crippen LogP contribution in [-0.2, 0) is 9.53 Å². The van der Waals surface area contributed by atoms with Gasteiger partial charge in [0, 0.05) is 32.2 Å². The van der Waals surface area contributed by atoms with Gasteiger partial charge in [0.05, 0.1) is 18.0 Å². The smallest absolute Gasteiger partial charge is 0.338 e. The lowest BCUT2D eigenvalue weighted by Gasteiger charge is -2.16. The number of thiazole rings is 2. The number of thiol groups is 2. The maximum absolute atomic E-state index is 13.0. The van der Waals surface area contributed by atoms with Crippen LogP contribution in [0.4, 0.5) is 31.2 Å². The predicted octanol–water partition coefficient (Wildman–Crippen LogP) is 7.98. The van der Waals surface area contributed by atoms with Crippen LogP contribution in [0.3, 0.4) is 0 Å². The SMILES string of the molecule is CCOC(=O)C(c1csc(N(S)C(=O)Nc2cc(Cl)ccc2C)n1)c1csc(N(S)C(=O)Nc2cc(Cl)ccc2C)n1. The summed E-state index contributed by atoms with van der Waals surface area (Å²) in [7, 11) is 0. The quantitative estimate of drug-likeness (QED) is 0.111. The number of carbonyl (C=O) groups excluding carboxylic acids is 3. The molecule has 0 unspecified atom stereocenters. The Morgan fingerprint density at radius 2 is 1.29 bits per heavy atom. The van der Waals surface area contributed by atoms with Gasteiger partial charge in [0.2, 0.25) is 10.3 Å². The van der Waals surface area contributed by atoms with Crippen molar-refractivity contribution in [1.82, 2.24) is 9.97 Å². The van der Waals surface area contributed by atoms with Crippen molar-refractivity contribution in [2.75, 3.05) is 25.9 Å². The topological polar surface area (TPSA) is 117 Å². The summed E-state index contributed by atoms with van der Waals surface area (Å²) in [6.45, 7) is 5.47. The fraction of sp³-hybridized carbons (Fsp3) is 0.192. The highest BCUT2D eigenvalue weighted by Gasteiger charge is 2.31. The second kappa shape index (κ2) is 14.0. The van der Waals surface area contributed by atoms with E-state index in [9.17, 15) is 14.4 Å². The standard InChI is InChI=1S/C26H24Cl2N6O4S4/c1-4-38-22(35)21(19-11-41-25(31-19)33(39)23(36)29-17-9-15(27)7-5-13(17)2)20-12-42-26(32-20)34(40)24(37)30-18-10-16(28)8-6-14(18)3/h5-12,21,39-40H,4H2,1-3H3,(H,29,36)(H,30,37). The first-order chi connectivity index (χ1) is 20.0. The Kier molecular flexibility index (Phi) is 10.6. The van der Waals surface area contributed by atoms with Crippen molar-refractivity contribution in [1.29, 1.82) is 0 Å². The number of esters is 1. The van der Waals surface area contributed by atoms with Crippen LogP contribution in [0.1, 0.15) is 35.4 Å². The summed E-state index contributed by atoms with van der Waals surface area (Å²) >= 11 is 22.9. The van der Waals surface area contributed by atoms with E-state index in [4.69, 9.17) is 27.9 Å². The lowest BCUT2D eigenvalue weighted by molar-refractivity contribution is -0.144. The minimum absolute atomic E-state index is 0.128. The number of anilines is 4. The number of amides is 4. The van der Waals surface area contributed by atoms with Gasteiger partial charge in [-0.2, -0.15) is 0 Å². The molecule has 220 valence electrons. The molecule has 0 bridgehead atoms. The van der Waals surface area contributed by atoms with E-state index >= 15 is 0 Å². The van der Waals surface area contributed by atoms with Crippen LogP contribution in [0.25, 0.3) is 0 Å². The van der Waals surface area contributed by atoms with Gasteiger partial charge >= 0.3 is 18.0 Å². The van der Waals surface area contributed by atoms with Crippen LogP contribution in [0.15, 0.2) is 47.2 Å². The van der Waals surface area contributed by atoms with Crippen molar-refractivity contribution in [3.63, 3.8) is 0 Å². The number of benzene rings is 2. The largest absolute Gasteiger partial charge is 0.465 e. The second-order valence-corrected chi connectivity index (χ2v) is 12.0. The molecule has 0 spiro atoms. The normalized spacial score (nSPS) is 10.9. The van der Waals surface area contributed by atoms with E-state index < -0.39 is 23.9 Å². The molecule has 4 rings (SSSR count). The van der Waals surface area contributed by atoms with Crippen molar-refractivity contribution in [2.24, 2.45) is 0 Å². The molecule has 0 saturated carbocycles. The van der Waals surface area contributed by atoms with Gasteiger partial charge in [-0.05, 0) is 56.2 Å². The molecule has 4 amide bonds. The van der Waals surface area contributed by atoms with Crippen LogP contribution in [0.2, 0.25) is 10.0 Å². The zero-order valence-corrected chi connectivity index (χ0v) is 27.2. The second-order valence-electron chi connectivity index (χ2n) is 8.70. The molecule has 0 fully saturated rings. The fourth-order valence-corrected chi connectivity index (χ4v) is 5.93. The molecule has 2 aromatic heterocycles. The fourth-order valence-electron chi connectivity index (χ4n) is 3.60. The highest BCUT2D eigenvalue weighted by molar-refractivity contribution is 7.83. The third-order valence-corrected chi connectivity index (χ3v) is 8.93. The summed E-state index contributed by atoms with van der Waals surface area (Å²) in [6, 6.07) is 9.11. The Bertz CT molecular complexity index is 1520. The third-order valence-electron chi connectivity index (χ3n) is 5.76. The Balaban J connectivity index is 1.54. The van der Waals surface area contributed by atoms with Gasteiger partial charge in [0.15, 0.2) is 0 Å². The average molecular weight is 684 g/mol. The number of rotatable bonds is 8. The number of carbonyl (C=O) groups is 3. The monoisotopic (exact) mass is 682 g/mol. The number of ether oxygens (including phenoxy) is 1.